The van der Waals surface area contributed by atoms with Crippen LogP contribution >= 0.6 is 0 Å². The van der Waals surface area contributed by atoms with Crippen molar-refractivity contribution in [2.45, 2.75) is 26.3 Å². The van der Waals surface area contributed by atoms with E-state index in [-0.39, 0.29) is 23.8 Å². The average molecular weight is 394 g/mol. The average Bonchev–Trinajstić information content (AvgIpc) is 2.73. The first kappa shape index (κ1) is 20.4. The van der Waals surface area contributed by atoms with Gasteiger partial charge < -0.3 is 20.9 Å². The van der Waals surface area contributed by atoms with Gasteiger partial charge in [-0.05, 0) is 42.7 Å². The van der Waals surface area contributed by atoms with Gasteiger partial charge in [0.25, 0.3) is 0 Å². The molecule has 0 unspecified atom stereocenters. The van der Waals surface area contributed by atoms with Crippen molar-refractivity contribution in [2.24, 2.45) is 5.92 Å². The summed E-state index contributed by atoms with van der Waals surface area (Å²) in [5.41, 5.74) is 2.46. The molecule has 3 N–H and O–H groups in total. The molecule has 0 atom stereocenters. The van der Waals surface area contributed by atoms with Crippen LogP contribution in [0.3, 0.4) is 0 Å². The summed E-state index contributed by atoms with van der Waals surface area (Å²) in [6.45, 7) is 3.02. The molecule has 29 heavy (non-hydrogen) atoms. The predicted octanol–water partition coefficient (Wildman–Crippen LogP) is 3.21. The molecular weight excluding hydrogens is 368 g/mol. The molecule has 2 aromatic carbocycles. The van der Waals surface area contributed by atoms with Crippen molar-refractivity contribution in [3.05, 3.63) is 60.2 Å². The van der Waals surface area contributed by atoms with Crippen LogP contribution in [0.5, 0.6) is 0 Å². The van der Waals surface area contributed by atoms with Gasteiger partial charge >= 0.3 is 6.03 Å². The molecule has 1 aliphatic rings. The highest BCUT2D eigenvalue weighted by Crippen LogP contribution is 2.19. The molecule has 1 aliphatic heterocycles. The summed E-state index contributed by atoms with van der Waals surface area (Å²) in [6, 6.07) is 16.6. The van der Waals surface area contributed by atoms with Gasteiger partial charge in [0.05, 0.1) is 0 Å². The summed E-state index contributed by atoms with van der Waals surface area (Å²) in [4.78, 5) is 37.6. The minimum absolute atomic E-state index is 0.0130. The largest absolute Gasteiger partial charge is 0.352 e. The third-order valence-electron chi connectivity index (χ3n) is 4.92. The molecule has 0 aliphatic carbocycles. The lowest BCUT2D eigenvalue weighted by atomic mass is 9.96. The quantitative estimate of drug-likeness (QED) is 0.727. The van der Waals surface area contributed by atoms with Crippen LogP contribution in [0.4, 0.5) is 16.2 Å². The molecule has 4 amide bonds. The maximum absolute atomic E-state index is 12.5. The first-order chi connectivity index (χ1) is 14.0. The van der Waals surface area contributed by atoms with E-state index in [1.54, 1.807) is 4.90 Å². The third-order valence-corrected chi connectivity index (χ3v) is 4.92. The van der Waals surface area contributed by atoms with Crippen molar-refractivity contribution in [3.8, 4) is 0 Å². The van der Waals surface area contributed by atoms with Crippen molar-refractivity contribution < 1.29 is 14.4 Å². The van der Waals surface area contributed by atoms with Gasteiger partial charge in [-0.2, -0.15) is 0 Å². The molecule has 152 valence electrons. The minimum atomic E-state index is -0.130. The molecule has 0 radical (unpaired) electrons. The molecule has 1 heterocycles. The lowest BCUT2D eigenvalue weighted by molar-refractivity contribution is -0.126. The van der Waals surface area contributed by atoms with Gasteiger partial charge in [0.1, 0.15) is 0 Å². The van der Waals surface area contributed by atoms with E-state index in [1.165, 1.54) is 6.92 Å². The number of rotatable bonds is 5. The van der Waals surface area contributed by atoms with Crippen LogP contribution in [0.15, 0.2) is 54.6 Å². The van der Waals surface area contributed by atoms with Crippen molar-refractivity contribution in [1.29, 1.82) is 0 Å². The van der Waals surface area contributed by atoms with Crippen LogP contribution in [-0.4, -0.2) is 35.8 Å². The van der Waals surface area contributed by atoms with Crippen LogP contribution < -0.4 is 16.0 Å². The van der Waals surface area contributed by atoms with E-state index in [1.807, 2.05) is 54.6 Å². The summed E-state index contributed by atoms with van der Waals surface area (Å²) < 4.78 is 0. The maximum Gasteiger partial charge on any atom is 0.321 e. The second-order valence-corrected chi connectivity index (χ2v) is 7.15. The fourth-order valence-electron chi connectivity index (χ4n) is 3.31. The number of carbonyl (C=O) groups excluding carboxylic acids is 3. The standard InChI is InChI=1S/C22H26N4O3/c1-16(27)24-20-9-7-17(8-10-20)15-23-21(28)18-11-13-26(14-12-18)22(29)25-19-5-3-2-4-6-19/h2-10,18H,11-15H2,1H3,(H,23,28)(H,24,27)(H,25,29). The molecule has 1 saturated heterocycles. The lowest BCUT2D eigenvalue weighted by Gasteiger charge is -2.31. The fourth-order valence-corrected chi connectivity index (χ4v) is 3.31. The highest BCUT2D eigenvalue weighted by Gasteiger charge is 2.27. The number of amides is 4. The Hall–Kier alpha value is -3.35. The number of nitrogens with one attached hydrogen (secondary N) is 3. The Balaban J connectivity index is 1.41. The van der Waals surface area contributed by atoms with E-state index in [0.717, 1.165) is 16.9 Å². The molecular formula is C22H26N4O3. The van der Waals surface area contributed by atoms with Crippen molar-refractivity contribution >= 4 is 29.2 Å². The normalized spacial score (nSPS) is 14.2. The smallest absolute Gasteiger partial charge is 0.321 e. The molecule has 0 spiro atoms. The Labute approximate surface area is 170 Å². The fraction of sp³-hybridized carbons (Fsp3) is 0.318. The van der Waals surface area contributed by atoms with Gasteiger partial charge in [-0.3, -0.25) is 9.59 Å². The van der Waals surface area contributed by atoms with E-state index in [4.69, 9.17) is 0 Å². The van der Waals surface area contributed by atoms with Gasteiger partial charge in [0, 0.05) is 43.9 Å². The van der Waals surface area contributed by atoms with Crippen molar-refractivity contribution in [1.82, 2.24) is 10.2 Å². The molecule has 7 heteroatoms. The van der Waals surface area contributed by atoms with E-state index in [0.29, 0.717) is 32.5 Å². The minimum Gasteiger partial charge on any atom is -0.352 e. The summed E-state index contributed by atoms with van der Waals surface area (Å²) in [5.74, 6) is -0.191. The second-order valence-electron chi connectivity index (χ2n) is 7.15. The molecule has 0 bridgehead atoms. The molecule has 1 fully saturated rings. The van der Waals surface area contributed by atoms with E-state index >= 15 is 0 Å². The van der Waals surface area contributed by atoms with Crippen LogP contribution in [0.25, 0.3) is 0 Å². The van der Waals surface area contributed by atoms with E-state index in [9.17, 15) is 14.4 Å². The Morgan fingerprint density at radius 2 is 1.52 bits per heavy atom. The topological polar surface area (TPSA) is 90.5 Å². The van der Waals surface area contributed by atoms with Gasteiger partial charge in [0.2, 0.25) is 11.8 Å². The number of likely N-dealkylation sites (tertiary alicyclic amines) is 1. The SMILES string of the molecule is CC(=O)Nc1ccc(CNC(=O)C2CCN(C(=O)Nc3ccccc3)CC2)cc1. The van der Waals surface area contributed by atoms with Crippen LogP contribution in [0.1, 0.15) is 25.3 Å². The summed E-state index contributed by atoms with van der Waals surface area (Å²) in [5, 5.41) is 8.56. The number of carbonyl (C=O) groups is 3. The zero-order valence-corrected chi connectivity index (χ0v) is 16.5. The Bertz CT molecular complexity index is 844. The lowest BCUT2D eigenvalue weighted by Crippen LogP contribution is -2.44. The van der Waals surface area contributed by atoms with Gasteiger partial charge in [0.15, 0.2) is 0 Å². The van der Waals surface area contributed by atoms with Gasteiger partial charge in [-0.15, -0.1) is 0 Å². The number of nitrogens with zero attached hydrogens (tertiary/aromatic N) is 1. The summed E-state index contributed by atoms with van der Waals surface area (Å²) in [7, 11) is 0. The molecule has 0 saturated carbocycles. The number of hydrogen-bond donors (Lipinski definition) is 3. The zero-order chi connectivity index (χ0) is 20.6. The van der Waals surface area contributed by atoms with E-state index < -0.39 is 0 Å². The summed E-state index contributed by atoms with van der Waals surface area (Å²) >= 11 is 0. The van der Waals surface area contributed by atoms with Crippen LogP contribution in [0.2, 0.25) is 0 Å². The highest BCUT2D eigenvalue weighted by molar-refractivity contribution is 5.90. The predicted molar refractivity (Wildman–Crippen MR) is 112 cm³/mol. The number of piperidine rings is 1. The highest BCUT2D eigenvalue weighted by atomic mass is 16.2. The Kier molecular flexibility index (Phi) is 6.84. The maximum atomic E-state index is 12.5. The number of urea groups is 1. The number of hydrogen-bond acceptors (Lipinski definition) is 3. The molecule has 3 rings (SSSR count). The number of anilines is 2. The van der Waals surface area contributed by atoms with Crippen LogP contribution in [-0.2, 0) is 16.1 Å². The van der Waals surface area contributed by atoms with E-state index in [2.05, 4.69) is 16.0 Å². The Morgan fingerprint density at radius 3 is 2.14 bits per heavy atom. The van der Waals surface area contributed by atoms with Crippen molar-refractivity contribution in [3.63, 3.8) is 0 Å². The van der Waals surface area contributed by atoms with Gasteiger partial charge in [-0.25, -0.2) is 4.79 Å². The van der Waals surface area contributed by atoms with Crippen molar-refractivity contribution in [2.75, 3.05) is 23.7 Å². The molecule has 2 aromatic rings. The summed E-state index contributed by atoms with van der Waals surface area (Å²) in [6.07, 6.45) is 1.30. The monoisotopic (exact) mass is 394 g/mol. The zero-order valence-electron chi connectivity index (χ0n) is 16.5. The number of para-hydroxylation sites is 1. The first-order valence-corrected chi connectivity index (χ1v) is 9.76. The van der Waals surface area contributed by atoms with Crippen LogP contribution in [0, 0.1) is 5.92 Å². The third kappa shape index (κ3) is 6.07. The first-order valence-electron chi connectivity index (χ1n) is 9.76. The molecule has 0 aromatic heterocycles. The Morgan fingerprint density at radius 1 is 0.897 bits per heavy atom. The number of benzene rings is 2. The van der Waals surface area contributed by atoms with Gasteiger partial charge in [-0.1, -0.05) is 30.3 Å². The second kappa shape index (κ2) is 9.73. The molecule has 7 nitrogen and oxygen atoms in total.